The van der Waals surface area contributed by atoms with Gasteiger partial charge in [0.1, 0.15) is 65.0 Å². The van der Waals surface area contributed by atoms with E-state index >= 15 is 0 Å². The van der Waals surface area contributed by atoms with E-state index in [2.05, 4.69) is 0 Å². The van der Waals surface area contributed by atoms with Crippen molar-refractivity contribution in [3.05, 3.63) is 107 Å². The fourth-order valence-corrected chi connectivity index (χ4v) is 5.73. The number of hydrogen-bond donors (Lipinski definition) is 8. The molecule has 11 nitrogen and oxygen atoms in total. The quantitative estimate of drug-likeness (QED) is 0.142. The van der Waals surface area contributed by atoms with Crippen LogP contribution in [0.25, 0.3) is 12.2 Å². The van der Waals surface area contributed by atoms with Crippen LogP contribution in [0, 0.1) is 0 Å². The van der Waals surface area contributed by atoms with Crippen LogP contribution in [0.1, 0.15) is 39.8 Å². The molecule has 2 aliphatic heterocycles. The van der Waals surface area contributed by atoms with E-state index in [0.717, 1.165) is 16.7 Å². The molecule has 0 amide bonds. The maximum absolute atomic E-state index is 10.3. The van der Waals surface area contributed by atoms with E-state index in [1.165, 1.54) is 18.2 Å². The molecule has 7 atom stereocenters. The molecule has 0 saturated carbocycles. The molecule has 0 radical (unpaired) electrons. The molecule has 2 heterocycles. The fourth-order valence-electron chi connectivity index (χ4n) is 5.73. The molecule has 0 spiro atoms. The van der Waals surface area contributed by atoms with Gasteiger partial charge in [-0.25, -0.2) is 0 Å². The smallest absolute Gasteiger partial charge is 0.229 e. The molecule has 8 N–H and O–H groups in total. The average molecular weight is 617 g/mol. The van der Waals surface area contributed by atoms with Crippen molar-refractivity contribution in [2.24, 2.45) is 0 Å². The molecular weight excluding hydrogens is 584 g/mol. The molecule has 4 aromatic rings. The van der Waals surface area contributed by atoms with E-state index in [0.29, 0.717) is 16.9 Å². The van der Waals surface area contributed by atoms with Crippen LogP contribution >= 0.6 is 0 Å². The lowest BCUT2D eigenvalue weighted by atomic mass is 9.84. The summed E-state index contributed by atoms with van der Waals surface area (Å²) in [6, 6.07) is 21.0. The zero-order chi connectivity index (χ0) is 31.8. The fraction of sp³-hybridized carbons (Fsp3) is 0.235. The molecule has 1 saturated heterocycles. The van der Waals surface area contributed by atoms with Crippen molar-refractivity contribution in [1.82, 2.24) is 0 Å². The SMILES string of the molecule is OC[C@H]1O[C@@H](Oc2cc(O)cc(C=Cc3ccc4c(c3)[C@H](c3cc(O)cc(O)c3)[C@@H](c3ccc(O)cc3)O4)c2)[C@H](O)[C@@H](O)[C@@H]1O. The minimum absolute atomic E-state index is 0.0930. The van der Waals surface area contributed by atoms with Gasteiger partial charge in [-0.15, -0.1) is 0 Å². The van der Waals surface area contributed by atoms with Crippen LogP contribution in [0.4, 0.5) is 0 Å². The van der Waals surface area contributed by atoms with Crippen molar-refractivity contribution in [3.8, 4) is 34.5 Å². The van der Waals surface area contributed by atoms with Crippen LogP contribution in [0.5, 0.6) is 34.5 Å². The van der Waals surface area contributed by atoms with Crippen LogP contribution in [-0.2, 0) is 4.74 Å². The first kappa shape index (κ1) is 30.3. The zero-order valence-corrected chi connectivity index (χ0v) is 23.7. The summed E-state index contributed by atoms with van der Waals surface area (Å²) in [6.45, 7) is -0.603. The number of aliphatic hydroxyl groups is 4. The second-order valence-corrected chi connectivity index (χ2v) is 11.1. The highest BCUT2D eigenvalue weighted by Crippen LogP contribution is 2.51. The summed E-state index contributed by atoms with van der Waals surface area (Å²) in [5, 5.41) is 80.5. The van der Waals surface area contributed by atoms with Gasteiger partial charge < -0.3 is 55.1 Å². The monoisotopic (exact) mass is 616 g/mol. The van der Waals surface area contributed by atoms with Gasteiger partial charge in [0.15, 0.2) is 0 Å². The van der Waals surface area contributed by atoms with Gasteiger partial charge in [-0.2, -0.15) is 0 Å². The number of phenolic OH excluding ortho intramolecular Hbond substituents is 4. The molecule has 1 fully saturated rings. The van der Waals surface area contributed by atoms with Gasteiger partial charge in [0, 0.05) is 17.7 Å². The summed E-state index contributed by atoms with van der Waals surface area (Å²) < 4.78 is 17.4. The van der Waals surface area contributed by atoms with Crippen molar-refractivity contribution in [2.75, 3.05) is 6.61 Å². The van der Waals surface area contributed by atoms with Gasteiger partial charge in [-0.05, 0) is 70.8 Å². The first-order valence-corrected chi connectivity index (χ1v) is 14.2. The molecule has 6 rings (SSSR count). The highest BCUT2D eigenvalue weighted by atomic mass is 16.7. The molecular formula is C34H32O11. The summed E-state index contributed by atoms with van der Waals surface area (Å²) in [7, 11) is 0. The molecule has 45 heavy (non-hydrogen) atoms. The number of aromatic hydroxyl groups is 4. The predicted octanol–water partition coefficient (Wildman–Crippen LogP) is 3.12. The second kappa shape index (κ2) is 12.3. The van der Waals surface area contributed by atoms with Gasteiger partial charge in [-0.1, -0.05) is 30.4 Å². The van der Waals surface area contributed by atoms with E-state index in [4.69, 9.17) is 14.2 Å². The van der Waals surface area contributed by atoms with Gasteiger partial charge >= 0.3 is 0 Å². The lowest BCUT2D eigenvalue weighted by molar-refractivity contribution is -0.277. The Kier molecular flexibility index (Phi) is 8.28. The molecule has 4 aromatic carbocycles. The number of rotatable bonds is 7. The van der Waals surface area contributed by atoms with Crippen molar-refractivity contribution in [2.45, 2.75) is 42.7 Å². The van der Waals surface area contributed by atoms with Crippen LogP contribution < -0.4 is 9.47 Å². The molecule has 0 aliphatic carbocycles. The minimum Gasteiger partial charge on any atom is -0.508 e. The van der Waals surface area contributed by atoms with Crippen LogP contribution in [-0.4, -0.2) is 78.2 Å². The van der Waals surface area contributed by atoms with Crippen molar-refractivity contribution in [3.63, 3.8) is 0 Å². The average Bonchev–Trinajstić information content (AvgIpc) is 3.39. The van der Waals surface area contributed by atoms with Crippen molar-refractivity contribution >= 4 is 12.2 Å². The van der Waals surface area contributed by atoms with Gasteiger partial charge in [0.05, 0.1) is 12.5 Å². The maximum atomic E-state index is 10.3. The molecule has 2 aliphatic rings. The normalized spacial score (nSPS) is 26.0. The Labute approximate surface area is 257 Å². The van der Waals surface area contributed by atoms with Crippen LogP contribution in [0.15, 0.2) is 78.9 Å². The lowest BCUT2D eigenvalue weighted by Crippen LogP contribution is -2.60. The van der Waals surface area contributed by atoms with Gasteiger partial charge in [0.25, 0.3) is 0 Å². The highest BCUT2D eigenvalue weighted by molar-refractivity contribution is 5.72. The van der Waals surface area contributed by atoms with E-state index < -0.39 is 49.3 Å². The molecule has 0 unspecified atom stereocenters. The first-order valence-electron chi connectivity index (χ1n) is 14.2. The van der Waals surface area contributed by atoms with Crippen molar-refractivity contribution < 1.29 is 55.1 Å². The third-order valence-electron chi connectivity index (χ3n) is 7.91. The maximum Gasteiger partial charge on any atom is 0.229 e. The Bertz CT molecular complexity index is 1680. The lowest BCUT2D eigenvalue weighted by Gasteiger charge is -2.39. The molecule has 234 valence electrons. The minimum atomic E-state index is -1.61. The number of benzene rings is 4. The number of ether oxygens (including phenoxy) is 3. The van der Waals surface area contributed by atoms with E-state index in [9.17, 15) is 40.9 Å². The summed E-state index contributed by atoms with van der Waals surface area (Å²) in [5.41, 5.74) is 3.54. The van der Waals surface area contributed by atoms with Crippen molar-refractivity contribution in [1.29, 1.82) is 0 Å². The number of hydrogen-bond acceptors (Lipinski definition) is 11. The Hall–Kier alpha value is -4.78. The first-order chi connectivity index (χ1) is 21.6. The molecule has 0 aromatic heterocycles. The van der Waals surface area contributed by atoms with Crippen LogP contribution in [0.2, 0.25) is 0 Å². The summed E-state index contributed by atoms with van der Waals surface area (Å²) in [5.74, 6) is 0.110. The summed E-state index contributed by atoms with van der Waals surface area (Å²) in [4.78, 5) is 0. The number of fused-ring (bicyclic) bond motifs is 1. The number of aliphatic hydroxyl groups excluding tert-OH is 4. The zero-order valence-electron chi connectivity index (χ0n) is 23.7. The second-order valence-electron chi connectivity index (χ2n) is 11.1. The largest absolute Gasteiger partial charge is 0.508 e. The summed E-state index contributed by atoms with van der Waals surface area (Å²) >= 11 is 0. The molecule has 0 bridgehead atoms. The van der Waals surface area contributed by atoms with Gasteiger partial charge in [-0.3, -0.25) is 0 Å². The van der Waals surface area contributed by atoms with Gasteiger partial charge in [0.2, 0.25) is 6.29 Å². The highest BCUT2D eigenvalue weighted by Gasteiger charge is 2.44. The number of phenols is 4. The topological polar surface area (TPSA) is 190 Å². The molecule has 11 heteroatoms. The van der Waals surface area contributed by atoms with E-state index in [1.807, 2.05) is 18.2 Å². The third kappa shape index (κ3) is 6.25. The Morgan fingerprint density at radius 3 is 2.04 bits per heavy atom. The van der Waals surface area contributed by atoms with E-state index in [1.54, 1.807) is 54.6 Å². The predicted molar refractivity (Wildman–Crippen MR) is 161 cm³/mol. The van der Waals surface area contributed by atoms with Crippen LogP contribution in [0.3, 0.4) is 0 Å². The standard InChI is InChI=1S/C34H32O11/c35-16-28-30(40)31(41)32(42)34(45-28)43-25-10-18(9-22(37)15-25)2-1-17-3-8-27-26(11-17)29(20-12-23(38)14-24(39)13-20)33(44-27)19-4-6-21(36)7-5-19/h1-15,28-42H,16H2/t28-,29+,30-,31+,32-,33-,34-/m1/s1. The van der Waals surface area contributed by atoms with E-state index in [-0.39, 0.29) is 28.7 Å². The Morgan fingerprint density at radius 1 is 0.644 bits per heavy atom. The Balaban J connectivity index is 1.28. The third-order valence-corrected chi connectivity index (χ3v) is 7.91. The summed E-state index contributed by atoms with van der Waals surface area (Å²) in [6.07, 6.45) is -4.27. The Morgan fingerprint density at radius 2 is 1.33 bits per heavy atom.